The Labute approximate surface area is 113 Å². The number of nitrogen functional groups attached to an aromatic ring is 1. The number of nitrogens with one attached hydrogen (secondary N) is 1. The van der Waals surface area contributed by atoms with E-state index >= 15 is 0 Å². The van der Waals surface area contributed by atoms with Crippen LogP contribution in [0.25, 0.3) is 22.4 Å². The Kier molecular flexibility index (Phi) is 2.60. The molecule has 2 heterocycles. The number of nitrogens with zero attached hydrogens (tertiary/aromatic N) is 3. The number of fused-ring (bicyclic) bond motifs is 1. The SMILES string of the molecule is Cc1nc2ccc(-c3ncc(C(=O)O)c(N)n3)cc2[nH]1. The highest BCUT2D eigenvalue weighted by Gasteiger charge is 2.12. The average Bonchev–Trinajstić information content (AvgIpc) is 2.77. The molecule has 3 aromatic rings. The van der Waals surface area contributed by atoms with E-state index in [4.69, 9.17) is 10.8 Å². The molecule has 0 aliphatic rings. The largest absolute Gasteiger partial charge is 0.477 e. The maximum atomic E-state index is 10.9. The molecule has 0 fully saturated rings. The highest BCUT2D eigenvalue weighted by molar-refractivity contribution is 5.92. The zero-order valence-corrected chi connectivity index (χ0v) is 10.6. The minimum atomic E-state index is -1.14. The number of carbonyl (C=O) groups is 1. The van der Waals surface area contributed by atoms with Crippen LogP contribution in [0.5, 0.6) is 0 Å². The second-order valence-electron chi connectivity index (χ2n) is 4.35. The lowest BCUT2D eigenvalue weighted by molar-refractivity contribution is 0.0697. The Morgan fingerprint density at radius 2 is 2.15 bits per heavy atom. The molecule has 0 spiro atoms. The number of anilines is 1. The van der Waals surface area contributed by atoms with Crippen molar-refractivity contribution in [3.63, 3.8) is 0 Å². The fraction of sp³-hybridized carbons (Fsp3) is 0.0769. The highest BCUT2D eigenvalue weighted by atomic mass is 16.4. The predicted octanol–water partition coefficient (Wildman–Crippen LogP) is 1.61. The molecule has 7 nitrogen and oxygen atoms in total. The van der Waals surface area contributed by atoms with Crippen molar-refractivity contribution in [1.82, 2.24) is 19.9 Å². The van der Waals surface area contributed by atoms with E-state index in [0.717, 1.165) is 22.4 Å². The molecule has 0 radical (unpaired) electrons. The van der Waals surface area contributed by atoms with Gasteiger partial charge in [-0.3, -0.25) is 0 Å². The minimum absolute atomic E-state index is 0.0524. The number of H-pyrrole nitrogens is 1. The number of rotatable bonds is 2. The van der Waals surface area contributed by atoms with Crippen LogP contribution in [0.15, 0.2) is 24.4 Å². The number of nitrogens with two attached hydrogens (primary N) is 1. The summed E-state index contributed by atoms with van der Waals surface area (Å²) < 4.78 is 0. The summed E-state index contributed by atoms with van der Waals surface area (Å²) in [6.45, 7) is 1.87. The van der Waals surface area contributed by atoms with Gasteiger partial charge < -0.3 is 15.8 Å². The van der Waals surface area contributed by atoms with E-state index in [9.17, 15) is 4.79 Å². The van der Waals surface area contributed by atoms with Crippen LogP contribution >= 0.6 is 0 Å². The predicted molar refractivity (Wildman–Crippen MR) is 73.2 cm³/mol. The van der Waals surface area contributed by atoms with Crippen LogP contribution < -0.4 is 5.73 Å². The number of aryl methyl sites for hydroxylation is 1. The van der Waals surface area contributed by atoms with Crippen molar-refractivity contribution in [3.8, 4) is 11.4 Å². The number of imidazole rings is 1. The van der Waals surface area contributed by atoms with Crippen molar-refractivity contribution >= 4 is 22.8 Å². The maximum Gasteiger partial charge on any atom is 0.341 e. The van der Waals surface area contributed by atoms with E-state index in [1.807, 2.05) is 25.1 Å². The third-order valence-corrected chi connectivity index (χ3v) is 2.91. The minimum Gasteiger partial charge on any atom is -0.477 e. The average molecular weight is 269 g/mol. The molecule has 7 heteroatoms. The lowest BCUT2D eigenvalue weighted by Crippen LogP contribution is -2.06. The van der Waals surface area contributed by atoms with Crippen molar-refractivity contribution in [1.29, 1.82) is 0 Å². The zero-order chi connectivity index (χ0) is 14.3. The van der Waals surface area contributed by atoms with Gasteiger partial charge in [-0.05, 0) is 25.1 Å². The summed E-state index contributed by atoms with van der Waals surface area (Å²) in [6.07, 6.45) is 1.21. The van der Waals surface area contributed by atoms with Crippen LogP contribution in [-0.4, -0.2) is 31.0 Å². The fourth-order valence-electron chi connectivity index (χ4n) is 1.98. The molecule has 2 aromatic heterocycles. The number of carboxylic acid groups (broad SMARTS) is 1. The van der Waals surface area contributed by atoms with Gasteiger partial charge in [0.05, 0.1) is 11.0 Å². The van der Waals surface area contributed by atoms with Gasteiger partial charge >= 0.3 is 5.97 Å². The molecule has 3 rings (SSSR count). The summed E-state index contributed by atoms with van der Waals surface area (Å²) >= 11 is 0. The fourth-order valence-corrected chi connectivity index (χ4v) is 1.98. The van der Waals surface area contributed by atoms with Crippen molar-refractivity contribution in [2.45, 2.75) is 6.92 Å². The van der Waals surface area contributed by atoms with Crippen molar-refractivity contribution in [2.24, 2.45) is 0 Å². The van der Waals surface area contributed by atoms with E-state index in [1.54, 1.807) is 0 Å². The Bertz CT molecular complexity index is 825. The summed E-state index contributed by atoms with van der Waals surface area (Å²) in [6, 6.07) is 5.52. The molecule has 4 N–H and O–H groups in total. The molecule has 0 unspecified atom stereocenters. The van der Waals surface area contributed by atoms with Gasteiger partial charge in [-0.1, -0.05) is 0 Å². The van der Waals surface area contributed by atoms with Gasteiger partial charge in [0.1, 0.15) is 17.2 Å². The van der Waals surface area contributed by atoms with E-state index in [-0.39, 0.29) is 11.4 Å². The monoisotopic (exact) mass is 269 g/mol. The lowest BCUT2D eigenvalue weighted by Gasteiger charge is -2.03. The number of aromatic carboxylic acids is 1. The quantitative estimate of drug-likeness (QED) is 0.650. The Morgan fingerprint density at radius 1 is 1.35 bits per heavy atom. The third kappa shape index (κ3) is 1.95. The maximum absolute atomic E-state index is 10.9. The molecular weight excluding hydrogens is 258 g/mol. The van der Waals surface area contributed by atoms with E-state index in [2.05, 4.69) is 19.9 Å². The Balaban J connectivity index is 2.10. The topological polar surface area (TPSA) is 118 Å². The number of carboxylic acids is 1. The molecule has 20 heavy (non-hydrogen) atoms. The van der Waals surface area contributed by atoms with Crippen LogP contribution in [0.1, 0.15) is 16.2 Å². The Hall–Kier alpha value is -2.96. The van der Waals surface area contributed by atoms with Crippen molar-refractivity contribution in [3.05, 3.63) is 35.8 Å². The molecule has 0 saturated carbocycles. The molecule has 0 bridgehead atoms. The number of hydrogen-bond donors (Lipinski definition) is 3. The van der Waals surface area contributed by atoms with Crippen molar-refractivity contribution < 1.29 is 9.90 Å². The molecule has 1 aromatic carbocycles. The lowest BCUT2D eigenvalue weighted by atomic mass is 10.2. The van der Waals surface area contributed by atoms with E-state index in [1.165, 1.54) is 6.20 Å². The summed E-state index contributed by atoms with van der Waals surface area (Å²) in [7, 11) is 0. The molecule has 100 valence electrons. The molecule has 0 atom stereocenters. The molecule has 0 aliphatic carbocycles. The van der Waals surface area contributed by atoms with Gasteiger partial charge in [0.2, 0.25) is 0 Å². The van der Waals surface area contributed by atoms with Gasteiger partial charge in [-0.15, -0.1) is 0 Å². The highest BCUT2D eigenvalue weighted by Crippen LogP contribution is 2.22. The third-order valence-electron chi connectivity index (χ3n) is 2.91. The normalized spacial score (nSPS) is 10.8. The molecular formula is C13H11N5O2. The van der Waals surface area contributed by atoms with Crippen molar-refractivity contribution in [2.75, 3.05) is 5.73 Å². The van der Waals surface area contributed by atoms with Gasteiger partial charge in [-0.2, -0.15) is 0 Å². The van der Waals surface area contributed by atoms with Crippen LogP contribution in [0.4, 0.5) is 5.82 Å². The van der Waals surface area contributed by atoms with Gasteiger partial charge in [-0.25, -0.2) is 19.7 Å². The van der Waals surface area contributed by atoms with Crippen LogP contribution in [-0.2, 0) is 0 Å². The van der Waals surface area contributed by atoms with Gasteiger partial charge in [0, 0.05) is 11.8 Å². The van der Waals surface area contributed by atoms with E-state index in [0.29, 0.717) is 5.82 Å². The van der Waals surface area contributed by atoms with Gasteiger partial charge in [0.25, 0.3) is 0 Å². The van der Waals surface area contributed by atoms with Gasteiger partial charge in [0.15, 0.2) is 5.82 Å². The molecule has 0 amide bonds. The molecule has 0 saturated heterocycles. The number of hydrogen-bond acceptors (Lipinski definition) is 5. The second-order valence-corrected chi connectivity index (χ2v) is 4.35. The first kappa shape index (κ1) is 12.1. The van der Waals surface area contributed by atoms with Crippen LogP contribution in [0.3, 0.4) is 0 Å². The first-order valence-electron chi connectivity index (χ1n) is 5.87. The Morgan fingerprint density at radius 3 is 2.85 bits per heavy atom. The first-order valence-corrected chi connectivity index (χ1v) is 5.87. The van der Waals surface area contributed by atoms with Crippen LogP contribution in [0, 0.1) is 6.92 Å². The standard InChI is InChI=1S/C13H11N5O2/c1-6-16-9-3-2-7(4-10(9)17-6)12-15-5-8(13(19)20)11(14)18-12/h2-5H,1H3,(H,16,17)(H,19,20)(H2,14,15,18). The first-order chi connectivity index (χ1) is 9.54. The summed E-state index contributed by atoms with van der Waals surface area (Å²) in [5.74, 6) is -0.00227. The molecule has 0 aliphatic heterocycles. The second kappa shape index (κ2) is 4.30. The smallest absolute Gasteiger partial charge is 0.341 e. The summed E-state index contributed by atoms with van der Waals surface area (Å²) in [4.78, 5) is 26.4. The number of benzene rings is 1. The summed E-state index contributed by atoms with van der Waals surface area (Å²) in [5, 5.41) is 8.90. The summed E-state index contributed by atoms with van der Waals surface area (Å²) in [5.41, 5.74) is 7.97. The van der Waals surface area contributed by atoms with E-state index < -0.39 is 5.97 Å². The zero-order valence-electron chi connectivity index (χ0n) is 10.6. The number of aromatic nitrogens is 4. The number of aromatic amines is 1. The van der Waals surface area contributed by atoms with Crippen LogP contribution in [0.2, 0.25) is 0 Å².